The minimum atomic E-state index is -0.0423. The maximum atomic E-state index is 12.6. The molecule has 3 aromatic rings. The molecule has 3 aromatic carbocycles. The van der Waals surface area contributed by atoms with Crippen LogP contribution >= 0.6 is 11.6 Å². The first kappa shape index (κ1) is 18.5. The Bertz CT molecular complexity index is 1020. The highest BCUT2D eigenvalue weighted by atomic mass is 35.5. The molecule has 0 bridgehead atoms. The second kappa shape index (κ2) is 8.45. The summed E-state index contributed by atoms with van der Waals surface area (Å²) >= 11 is 5.90. The van der Waals surface area contributed by atoms with Gasteiger partial charge in [-0.1, -0.05) is 48.0 Å². The molecule has 3 heteroatoms. The molecule has 0 amide bonds. The number of aryl methyl sites for hydroxylation is 2. The fourth-order valence-corrected chi connectivity index (χ4v) is 3.60. The first-order chi connectivity index (χ1) is 13.7. The molecule has 0 fully saturated rings. The van der Waals surface area contributed by atoms with Crippen LogP contribution in [0.2, 0.25) is 5.02 Å². The molecule has 0 heterocycles. The molecule has 4 rings (SSSR count). The van der Waals surface area contributed by atoms with E-state index in [2.05, 4.69) is 18.2 Å². The highest BCUT2D eigenvalue weighted by molar-refractivity contribution is 6.30. The average molecular weight is 389 g/mol. The lowest BCUT2D eigenvalue weighted by Crippen LogP contribution is -2.02. The first-order valence-electron chi connectivity index (χ1n) is 9.55. The van der Waals surface area contributed by atoms with Gasteiger partial charge < -0.3 is 4.74 Å². The number of carbonyl (C=O) groups is 1. The van der Waals surface area contributed by atoms with E-state index < -0.39 is 0 Å². The Labute approximate surface area is 170 Å². The van der Waals surface area contributed by atoms with Crippen molar-refractivity contribution in [3.05, 3.63) is 100 Å². The van der Waals surface area contributed by atoms with Crippen LogP contribution in [0.25, 0.3) is 6.08 Å². The van der Waals surface area contributed by atoms with E-state index in [4.69, 9.17) is 16.3 Å². The van der Waals surface area contributed by atoms with Crippen molar-refractivity contribution in [1.29, 1.82) is 0 Å². The van der Waals surface area contributed by atoms with E-state index >= 15 is 0 Å². The number of halogens is 1. The third kappa shape index (κ3) is 4.52. The Balaban J connectivity index is 1.47. The van der Waals surface area contributed by atoms with Crippen LogP contribution in [0, 0.1) is 0 Å². The molecule has 0 saturated carbocycles. The van der Waals surface area contributed by atoms with Gasteiger partial charge in [-0.15, -0.1) is 0 Å². The van der Waals surface area contributed by atoms with Crippen molar-refractivity contribution in [3.63, 3.8) is 0 Å². The molecular formula is C25H21ClO2. The molecule has 0 aromatic heterocycles. The van der Waals surface area contributed by atoms with Crippen LogP contribution in [-0.2, 0) is 12.8 Å². The van der Waals surface area contributed by atoms with Gasteiger partial charge in [-0.05, 0) is 84.8 Å². The van der Waals surface area contributed by atoms with E-state index in [0.29, 0.717) is 22.1 Å². The summed E-state index contributed by atoms with van der Waals surface area (Å²) in [6, 6.07) is 20.8. The van der Waals surface area contributed by atoms with Crippen LogP contribution in [0.15, 0.2) is 72.8 Å². The van der Waals surface area contributed by atoms with Crippen molar-refractivity contribution >= 4 is 23.5 Å². The van der Waals surface area contributed by atoms with Gasteiger partial charge in [0.1, 0.15) is 11.5 Å². The molecule has 0 N–H and O–H groups in total. The van der Waals surface area contributed by atoms with Crippen molar-refractivity contribution in [2.24, 2.45) is 0 Å². The molecule has 0 saturated heterocycles. The second-order valence-corrected chi connectivity index (χ2v) is 7.45. The number of fused-ring (bicyclic) bond motifs is 1. The van der Waals surface area contributed by atoms with Gasteiger partial charge in [0.15, 0.2) is 5.78 Å². The fraction of sp³-hybridized carbons (Fsp3) is 0.160. The molecule has 0 radical (unpaired) electrons. The number of rotatable bonds is 5. The summed E-state index contributed by atoms with van der Waals surface area (Å²) < 4.78 is 5.81. The Hall–Kier alpha value is -2.84. The Morgan fingerprint density at radius 2 is 1.64 bits per heavy atom. The molecule has 28 heavy (non-hydrogen) atoms. The van der Waals surface area contributed by atoms with Crippen LogP contribution in [0.5, 0.6) is 11.5 Å². The molecule has 0 spiro atoms. The minimum Gasteiger partial charge on any atom is -0.457 e. The van der Waals surface area contributed by atoms with E-state index in [-0.39, 0.29) is 5.78 Å². The van der Waals surface area contributed by atoms with Crippen LogP contribution in [0.4, 0.5) is 0 Å². The number of allylic oxidation sites excluding steroid dienone is 1. The maximum Gasteiger partial charge on any atom is 0.185 e. The van der Waals surface area contributed by atoms with E-state index in [1.54, 1.807) is 42.5 Å². The normalized spacial score (nSPS) is 13.3. The summed E-state index contributed by atoms with van der Waals surface area (Å²) in [7, 11) is 0. The van der Waals surface area contributed by atoms with Gasteiger partial charge in [0.2, 0.25) is 0 Å². The Kier molecular flexibility index (Phi) is 5.59. The zero-order valence-corrected chi connectivity index (χ0v) is 16.3. The SMILES string of the molecule is O=C(C=Cc1ccc2c(c1)CCCC2)c1cccc(Oc2ccc(Cl)cc2)c1. The predicted molar refractivity (Wildman–Crippen MR) is 114 cm³/mol. The molecule has 2 nitrogen and oxygen atoms in total. The highest BCUT2D eigenvalue weighted by Crippen LogP contribution is 2.25. The van der Waals surface area contributed by atoms with Crippen molar-refractivity contribution in [3.8, 4) is 11.5 Å². The first-order valence-corrected chi connectivity index (χ1v) is 9.93. The topological polar surface area (TPSA) is 26.3 Å². The lowest BCUT2D eigenvalue weighted by molar-refractivity contribution is 0.104. The molecule has 0 unspecified atom stereocenters. The maximum absolute atomic E-state index is 12.6. The summed E-state index contributed by atoms with van der Waals surface area (Å²) in [5, 5.41) is 0.656. The van der Waals surface area contributed by atoms with Gasteiger partial charge in [-0.2, -0.15) is 0 Å². The van der Waals surface area contributed by atoms with E-state index in [1.165, 1.54) is 30.4 Å². The molecule has 1 aliphatic rings. The summed E-state index contributed by atoms with van der Waals surface area (Å²) in [5.74, 6) is 1.26. The quantitative estimate of drug-likeness (QED) is 0.350. The van der Waals surface area contributed by atoms with Gasteiger partial charge in [-0.3, -0.25) is 4.79 Å². The summed E-state index contributed by atoms with van der Waals surface area (Å²) in [6.07, 6.45) is 8.35. The van der Waals surface area contributed by atoms with Gasteiger partial charge in [0.05, 0.1) is 0 Å². The van der Waals surface area contributed by atoms with Crippen molar-refractivity contribution in [1.82, 2.24) is 0 Å². The number of hydrogen-bond donors (Lipinski definition) is 0. The number of hydrogen-bond acceptors (Lipinski definition) is 2. The largest absolute Gasteiger partial charge is 0.457 e. The fourth-order valence-electron chi connectivity index (χ4n) is 3.48. The number of ether oxygens (including phenoxy) is 1. The summed E-state index contributed by atoms with van der Waals surface area (Å²) in [5.41, 5.74) is 4.53. The van der Waals surface area contributed by atoms with Crippen molar-refractivity contribution in [2.75, 3.05) is 0 Å². The van der Waals surface area contributed by atoms with Gasteiger partial charge in [-0.25, -0.2) is 0 Å². The molecule has 140 valence electrons. The number of carbonyl (C=O) groups excluding carboxylic acids is 1. The van der Waals surface area contributed by atoms with Crippen molar-refractivity contribution < 1.29 is 9.53 Å². The van der Waals surface area contributed by atoms with Gasteiger partial charge >= 0.3 is 0 Å². The molecule has 0 aliphatic heterocycles. The third-order valence-corrected chi connectivity index (χ3v) is 5.22. The molecular weight excluding hydrogens is 368 g/mol. The summed E-state index contributed by atoms with van der Waals surface area (Å²) in [6.45, 7) is 0. The smallest absolute Gasteiger partial charge is 0.185 e. The van der Waals surface area contributed by atoms with Crippen LogP contribution in [-0.4, -0.2) is 5.78 Å². The standard InChI is InChI=1S/C25H21ClO2/c26-22-11-13-23(14-12-22)28-24-7-3-6-21(17-24)25(27)15-9-18-8-10-19-4-1-2-5-20(19)16-18/h3,6-17H,1-2,4-5H2. The van der Waals surface area contributed by atoms with Crippen LogP contribution in [0.3, 0.4) is 0 Å². The Morgan fingerprint density at radius 1 is 0.857 bits per heavy atom. The van der Waals surface area contributed by atoms with E-state index in [0.717, 1.165) is 12.0 Å². The van der Waals surface area contributed by atoms with Crippen LogP contribution < -0.4 is 4.74 Å². The number of benzene rings is 3. The minimum absolute atomic E-state index is 0.0423. The third-order valence-electron chi connectivity index (χ3n) is 4.97. The average Bonchev–Trinajstić information content (AvgIpc) is 2.74. The lowest BCUT2D eigenvalue weighted by atomic mass is 9.90. The zero-order valence-electron chi connectivity index (χ0n) is 15.5. The molecule has 1 aliphatic carbocycles. The zero-order chi connectivity index (χ0) is 19.3. The monoisotopic (exact) mass is 388 g/mol. The Morgan fingerprint density at radius 3 is 2.46 bits per heavy atom. The van der Waals surface area contributed by atoms with Gasteiger partial charge in [0.25, 0.3) is 0 Å². The predicted octanol–water partition coefficient (Wildman–Crippen LogP) is 6.91. The summed E-state index contributed by atoms with van der Waals surface area (Å²) in [4.78, 5) is 12.6. The highest BCUT2D eigenvalue weighted by Gasteiger charge is 2.09. The van der Waals surface area contributed by atoms with E-state index in [1.807, 2.05) is 18.2 Å². The van der Waals surface area contributed by atoms with Crippen molar-refractivity contribution in [2.45, 2.75) is 25.7 Å². The van der Waals surface area contributed by atoms with Crippen LogP contribution in [0.1, 0.15) is 39.9 Å². The van der Waals surface area contributed by atoms with E-state index in [9.17, 15) is 4.79 Å². The van der Waals surface area contributed by atoms with Gasteiger partial charge in [0, 0.05) is 10.6 Å². The lowest BCUT2D eigenvalue weighted by Gasteiger charge is -2.15. The molecule has 0 atom stereocenters. The number of ketones is 1. The second-order valence-electron chi connectivity index (χ2n) is 7.02.